The van der Waals surface area contributed by atoms with Crippen molar-refractivity contribution < 1.29 is 14.7 Å². The predicted molar refractivity (Wildman–Crippen MR) is 136 cm³/mol. The number of amides is 2. The minimum atomic E-state index is -1.11. The smallest absolute Gasteiger partial charge is 0.408 e. The molecule has 0 radical (unpaired) electrons. The molecule has 2 amide bonds. The molecule has 0 spiro atoms. The Morgan fingerprint density at radius 3 is 2.21 bits per heavy atom. The van der Waals surface area contributed by atoms with Gasteiger partial charge in [-0.15, -0.1) is 11.8 Å². The number of hydrogen-bond donors (Lipinski definition) is 1. The van der Waals surface area contributed by atoms with Gasteiger partial charge in [0.2, 0.25) is 0 Å². The van der Waals surface area contributed by atoms with Crippen LogP contribution in [0.4, 0.5) is 10.5 Å². The molecule has 176 valence electrons. The Hall–Kier alpha value is -3.29. The number of anilines is 1. The number of para-hydroxylation sites is 1. The van der Waals surface area contributed by atoms with Crippen molar-refractivity contribution in [3.8, 4) is 0 Å². The highest BCUT2D eigenvalue weighted by Crippen LogP contribution is 2.47. The number of thioether (sulfide) groups is 1. The Morgan fingerprint density at radius 1 is 0.941 bits per heavy atom. The number of carboxylic acid groups (broad SMARTS) is 1. The summed E-state index contributed by atoms with van der Waals surface area (Å²) in [6.07, 6.45) is -1.11. The number of carbonyl (C=O) groups is 2. The first-order valence-corrected chi connectivity index (χ1v) is 12.1. The van der Waals surface area contributed by atoms with Gasteiger partial charge in [0.05, 0.1) is 10.9 Å². The first-order valence-electron chi connectivity index (χ1n) is 11.3. The van der Waals surface area contributed by atoms with Gasteiger partial charge in [0.25, 0.3) is 5.91 Å². The summed E-state index contributed by atoms with van der Waals surface area (Å²) in [6.45, 7) is 1.27. The fraction of sp³-hybridized carbons (Fsp3) is 0.259. The number of hydrogen-bond acceptors (Lipinski definition) is 4. The topological polar surface area (TPSA) is 64.1 Å². The van der Waals surface area contributed by atoms with Crippen LogP contribution in [0.1, 0.15) is 16.4 Å². The number of carbonyl (C=O) groups excluding carboxylic acids is 1. The van der Waals surface area contributed by atoms with Gasteiger partial charge >= 0.3 is 6.09 Å². The lowest BCUT2D eigenvalue weighted by Crippen LogP contribution is -2.53. The van der Waals surface area contributed by atoms with Crippen LogP contribution in [0.2, 0.25) is 0 Å². The molecule has 7 heteroatoms. The molecule has 0 fully saturated rings. The van der Waals surface area contributed by atoms with Crippen molar-refractivity contribution in [3.63, 3.8) is 0 Å². The molecule has 1 heterocycles. The fourth-order valence-corrected chi connectivity index (χ4v) is 5.59. The van der Waals surface area contributed by atoms with Crippen LogP contribution in [-0.4, -0.2) is 60.1 Å². The third kappa shape index (κ3) is 5.26. The van der Waals surface area contributed by atoms with E-state index in [9.17, 15) is 14.7 Å². The van der Waals surface area contributed by atoms with E-state index < -0.39 is 12.1 Å². The number of likely N-dealkylation sites (N-methyl/N-ethyl adjacent to an activating group) is 1. The van der Waals surface area contributed by atoms with E-state index in [0.717, 1.165) is 21.7 Å². The summed E-state index contributed by atoms with van der Waals surface area (Å²) in [4.78, 5) is 32.9. The van der Waals surface area contributed by atoms with Crippen LogP contribution >= 0.6 is 11.8 Å². The highest BCUT2D eigenvalue weighted by molar-refractivity contribution is 7.99. The summed E-state index contributed by atoms with van der Waals surface area (Å²) in [5.74, 6) is -0.202. The molecular formula is C27H29N3O3S. The molecule has 0 aromatic heterocycles. The molecule has 3 aromatic carbocycles. The molecule has 2 atom stereocenters. The third-order valence-electron chi connectivity index (χ3n) is 5.89. The monoisotopic (exact) mass is 475 g/mol. The molecular weight excluding hydrogens is 446 g/mol. The molecule has 0 saturated carbocycles. The van der Waals surface area contributed by atoms with Crippen molar-refractivity contribution in [1.82, 2.24) is 9.80 Å². The van der Waals surface area contributed by atoms with E-state index in [0.29, 0.717) is 13.1 Å². The Labute approximate surface area is 204 Å². The molecule has 0 bridgehead atoms. The highest BCUT2D eigenvalue weighted by atomic mass is 32.2. The second-order valence-corrected chi connectivity index (χ2v) is 9.73. The third-order valence-corrected chi connectivity index (χ3v) is 7.28. The highest BCUT2D eigenvalue weighted by Gasteiger charge is 2.43. The Balaban J connectivity index is 1.83. The average Bonchev–Trinajstić information content (AvgIpc) is 2.96. The Kier molecular flexibility index (Phi) is 7.55. The first kappa shape index (κ1) is 23.9. The van der Waals surface area contributed by atoms with Crippen LogP contribution < -0.4 is 4.90 Å². The summed E-state index contributed by atoms with van der Waals surface area (Å²) in [5, 5.41) is 9.93. The van der Waals surface area contributed by atoms with Gasteiger partial charge in [-0.05, 0) is 37.4 Å². The molecule has 34 heavy (non-hydrogen) atoms. The van der Waals surface area contributed by atoms with Gasteiger partial charge in [-0.3, -0.25) is 9.69 Å². The van der Waals surface area contributed by atoms with E-state index in [1.54, 1.807) is 16.7 Å². The summed E-state index contributed by atoms with van der Waals surface area (Å²) < 4.78 is 0. The fourth-order valence-electron chi connectivity index (χ4n) is 4.17. The SMILES string of the molecule is CN(C)CCN1C(=O)[C@@H](N(Cc2ccccc2)C(=O)O)[C@@H](c2ccccc2)Sc2ccccc21. The number of benzene rings is 3. The summed E-state index contributed by atoms with van der Waals surface area (Å²) >= 11 is 1.56. The van der Waals surface area contributed by atoms with Gasteiger partial charge in [-0.1, -0.05) is 72.8 Å². The van der Waals surface area contributed by atoms with Gasteiger partial charge in [0.15, 0.2) is 0 Å². The average molecular weight is 476 g/mol. The standard InChI is InChI=1S/C27H29N3O3S/c1-28(2)17-18-29-22-15-9-10-16-23(22)34-25(21-13-7-4-8-14-21)24(26(29)31)30(27(32)33)19-20-11-5-3-6-12-20/h3-16,24-25H,17-19H2,1-2H3,(H,32,33)/t24-,25+/m0/s1. The zero-order valence-corrected chi connectivity index (χ0v) is 20.2. The summed E-state index contributed by atoms with van der Waals surface area (Å²) in [6, 6.07) is 26.1. The second kappa shape index (κ2) is 10.8. The summed E-state index contributed by atoms with van der Waals surface area (Å²) in [7, 11) is 3.93. The van der Waals surface area contributed by atoms with Crippen LogP contribution in [0.3, 0.4) is 0 Å². The lowest BCUT2D eigenvalue weighted by molar-refractivity contribution is -0.123. The van der Waals surface area contributed by atoms with Crippen molar-refractivity contribution >= 4 is 29.4 Å². The van der Waals surface area contributed by atoms with E-state index in [2.05, 4.69) is 0 Å². The van der Waals surface area contributed by atoms with Crippen LogP contribution in [0.25, 0.3) is 0 Å². The largest absolute Gasteiger partial charge is 0.465 e. The molecule has 1 N–H and O–H groups in total. The van der Waals surface area contributed by atoms with Crippen molar-refractivity contribution in [3.05, 3.63) is 96.1 Å². The zero-order chi connectivity index (χ0) is 24.1. The molecule has 1 aliphatic heterocycles. The van der Waals surface area contributed by atoms with Gasteiger partial charge in [0.1, 0.15) is 6.04 Å². The molecule has 0 aliphatic carbocycles. The van der Waals surface area contributed by atoms with E-state index in [1.165, 1.54) is 4.90 Å². The lowest BCUT2D eigenvalue weighted by Gasteiger charge is -2.35. The Bertz CT molecular complexity index is 1120. The maximum Gasteiger partial charge on any atom is 0.408 e. The summed E-state index contributed by atoms with van der Waals surface area (Å²) in [5.41, 5.74) is 2.60. The van der Waals surface area contributed by atoms with E-state index in [1.807, 2.05) is 104 Å². The van der Waals surface area contributed by atoms with Gasteiger partial charge < -0.3 is 14.9 Å². The van der Waals surface area contributed by atoms with Crippen molar-refractivity contribution in [1.29, 1.82) is 0 Å². The molecule has 6 nitrogen and oxygen atoms in total. The molecule has 4 rings (SSSR count). The van der Waals surface area contributed by atoms with Crippen molar-refractivity contribution in [2.45, 2.75) is 22.7 Å². The molecule has 1 aliphatic rings. The normalized spacial score (nSPS) is 17.9. The number of fused-ring (bicyclic) bond motifs is 1. The van der Waals surface area contributed by atoms with Crippen LogP contribution in [0, 0.1) is 0 Å². The quantitative estimate of drug-likeness (QED) is 0.522. The van der Waals surface area contributed by atoms with Gasteiger partial charge in [-0.25, -0.2) is 4.79 Å². The van der Waals surface area contributed by atoms with Gasteiger partial charge in [0, 0.05) is 24.5 Å². The second-order valence-electron chi connectivity index (χ2n) is 8.55. The molecule has 0 unspecified atom stereocenters. The van der Waals surface area contributed by atoms with Crippen LogP contribution in [-0.2, 0) is 11.3 Å². The minimum Gasteiger partial charge on any atom is -0.465 e. The number of nitrogens with zero attached hydrogens (tertiary/aromatic N) is 3. The minimum absolute atomic E-state index is 0.133. The van der Waals surface area contributed by atoms with Crippen LogP contribution in [0.5, 0.6) is 0 Å². The van der Waals surface area contributed by atoms with Crippen LogP contribution in [0.15, 0.2) is 89.8 Å². The molecule has 3 aromatic rings. The first-order chi connectivity index (χ1) is 16.5. The lowest BCUT2D eigenvalue weighted by atomic mass is 10.0. The van der Waals surface area contributed by atoms with E-state index in [4.69, 9.17) is 0 Å². The Morgan fingerprint density at radius 2 is 1.56 bits per heavy atom. The van der Waals surface area contributed by atoms with Crippen molar-refractivity contribution in [2.24, 2.45) is 0 Å². The van der Waals surface area contributed by atoms with E-state index in [-0.39, 0.29) is 17.7 Å². The predicted octanol–water partition coefficient (Wildman–Crippen LogP) is 4.98. The zero-order valence-electron chi connectivity index (χ0n) is 19.4. The molecule has 0 saturated heterocycles. The maximum atomic E-state index is 14.2. The van der Waals surface area contributed by atoms with E-state index >= 15 is 0 Å². The number of rotatable bonds is 7. The van der Waals surface area contributed by atoms with Gasteiger partial charge in [-0.2, -0.15) is 0 Å². The van der Waals surface area contributed by atoms with Crippen molar-refractivity contribution in [2.75, 3.05) is 32.1 Å². The maximum absolute atomic E-state index is 14.2.